The largest absolute Gasteiger partial charge is 0.495 e. The van der Waals surface area contributed by atoms with Crippen LogP contribution >= 0.6 is 11.6 Å². The Bertz CT molecular complexity index is 1060. The van der Waals surface area contributed by atoms with Gasteiger partial charge in [0.25, 0.3) is 0 Å². The monoisotopic (exact) mass is 441 g/mol. The van der Waals surface area contributed by atoms with Gasteiger partial charge in [-0.25, -0.2) is 17.2 Å². The Morgan fingerprint density at radius 3 is 2.72 bits per heavy atom. The smallest absolute Gasteiger partial charge is 0.247 e. The third-order valence-corrected chi connectivity index (χ3v) is 6.91. The Morgan fingerprint density at radius 2 is 2.07 bits per heavy atom. The summed E-state index contributed by atoms with van der Waals surface area (Å²) in [5, 5.41) is 9.32. The minimum Gasteiger partial charge on any atom is -0.495 e. The van der Waals surface area contributed by atoms with Crippen LogP contribution in [0.1, 0.15) is 12.0 Å². The average molecular weight is 442 g/mol. The molecule has 154 valence electrons. The standard InChI is InChI=1S/C19H18ClF2N3O3S/c1-28-18-5-2-14(20)9-19(18)29(26,27)25(16-6-7-24(11-16)12-23)10-13-8-15(21)3-4-17(13)22/h2-5,8-9,16H,6-7,10-11H2,1H3/t16-/m1/s1. The minimum atomic E-state index is -4.21. The molecule has 0 aliphatic carbocycles. The molecule has 0 bridgehead atoms. The van der Waals surface area contributed by atoms with E-state index in [4.69, 9.17) is 21.6 Å². The molecule has 0 saturated carbocycles. The topological polar surface area (TPSA) is 73.6 Å². The molecule has 6 nitrogen and oxygen atoms in total. The number of ether oxygens (including phenoxy) is 1. The summed E-state index contributed by atoms with van der Waals surface area (Å²) < 4.78 is 61.2. The number of likely N-dealkylation sites (tertiary alicyclic amines) is 1. The molecule has 1 atom stereocenters. The highest BCUT2D eigenvalue weighted by Crippen LogP contribution is 2.33. The summed E-state index contributed by atoms with van der Waals surface area (Å²) in [5.74, 6) is -1.32. The second-order valence-corrected chi connectivity index (χ2v) is 8.87. The van der Waals surface area contributed by atoms with E-state index < -0.39 is 34.2 Å². The Labute approximate surface area is 172 Å². The number of nitrogens with zero attached hydrogens (tertiary/aromatic N) is 3. The molecule has 3 rings (SSSR count). The van der Waals surface area contributed by atoms with Gasteiger partial charge in [-0.2, -0.15) is 9.57 Å². The minimum absolute atomic E-state index is 0.0780. The second-order valence-electron chi connectivity index (χ2n) is 6.57. The maximum atomic E-state index is 14.3. The van der Waals surface area contributed by atoms with Gasteiger partial charge in [0.1, 0.15) is 22.3 Å². The predicted octanol–water partition coefficient (Wildman–Crippen LogP) is 3.37. The van der Waals surface area contributed by atoms with E-state index in [-0.39, 0.29) is 27.8 Å². The fraction of sp³-hybridized carbons (Fsp3) is 0.316. The number of methoxy groups -OCH3 is 1. The maximum Gasteiger partial charge on any atom is 0.247 e. The molecule has 0 spiro atoms. The molecule has 2 aromatic rings. The molecule has 1 saturated heterocycles. The van der Waals surface area contributed by atoms with Gasteiger partial charge in [-0.05, 0) is 42.8 Å². The number of sulfonamides is 1. The summed E-state index contributed by atoms with van der Waals surface area (Å²) >= 11 is 6.00. The van der Waals surface area contributed by atoms with E-state index in [0.717, 1.165) is 22.5 Å². The van der Waals surface area contributed by atoms with Crippen molar-refractivity contribution in [2.24, 2.45) is 0 Å². The quantitative estimate of drug-likeness (QED) is 0.642. The normalized spacial score (nSPS) is 16.8. The van der Waals surface area contributed by atoms with Crippen molar-refractivity contribution in [1.29, 1.82) is 5.26 Å². The Morgan fingerprint density at radius 1 is 1.31 bits per heavy atom. The van der Waals surface area contributed by atoms with Gasteiger partial charge >= 0.3 is 0 Å². The molecule has 2 aromatic carbocycles. The molecule has 0 aromatic heterocycles. The van der Waals surface area contributed by atoms with Crippen LogP contribution in [-0.4, -0.2) is 43.9 Å². The van der Waals surface area contributed by atoms with Gasteiger partial charge in [0, 0.05) is 36.3 Å². The zero-order valence-corrected chi connectivity index (χ0v) is 17.1. The van der Waals surface area contributed by atoms with Crippen LogP contribution in [0.3, 0.4) is 0 Å². The molecule has 0 amide bonds. The first-order valence-corrected chi connectivity index (χ1v) is 10.5. The van der Waals surface area contributed by atoms with Crippen LogP contribution < -0.4 is 4.74 Å². The summed E-state index contributed by atoms with van der Waals surface area (Å²) in [6.07, 6.45) is 2.36. The number of hydrogen-bond acceptors (Lipinski definition) is 5. The number of halogens is 3. The molecule has 10 heteroatoms. The zero-order chi connectivity index (χ0) is 21.2. The predicted molar refractivity (Wildman–Crippen MR) is 103 cm³/mol. The van der Waals surface area contributed by atoms with Crippen LogP contribution in [0, 0.1) is 23.1 Å². The van der Waals surface area contributed by atoms with Crippen molar-refractivity contribution in [3.05, 3.63) is 58.6 Å². The SMILES string of the molecule is COc1ccc(Cl)cc1S(=O)(=O)N(Cc1cc(F)ccc1F)[C@@H]1CCN(C#N)C1. The summed E-state index contributed by atoms with van der Waals surface area (Å²) in [7, 11) is -2.89. The first-order valence-electron chi connectivity index (χ1n) is 8.70. The molecule has 0 radical (unpaired) electrons. The third kappa shape index (κ3) is 4.45. The van der Waals surface area contributed by atoms with E-state index in [2.05, 4.69) is 0 Å². The van der Waals surface area contributed by atoms with E-state index in [0.29, 0.717) is 13.0 Å². The molecule has 0 N–H and O–H groups in total. The van der Waals surface area contributed by atoms with E-state index in [9.17, 15) is 17.2 Å². The van der Waals surface area contributed by atoms with E-state index in [1.165, 1.54) is 30.2 Å². The van der Waals surface area contributed by atoms with Gasteiger partial charge in [0.05, 0.1) is 7.11 Å². The van der Waals surface area contributed by atoms with Crippen molar-refractivity contribution < 1.29 is 21.9 Å². The number of benzene rings is 2. The Hall–Kier alpha value is -2.41. The number of rotatable bonds is 6. The molecule has 1 aliphatic heterocycles. The highest BCUT2D eigenvalue weighted by Gasteiger charge is 2.38. The molecular weight excluding hydrogens is 424 g/mol. The molecular formula is C19H18ClF2N3O3S. The molecule has 1 fully saturated rings. The van der Waals surface area contributed by atoms with Crippen LogP contribution in [0.2, 0.25) is 5.02 Å². The fourth-order valence-corrected chi connectivity index (χ4v) is 5.33. The molecule has 1 heterocycles. The number of hydrogen-bond donors (Lipinski definition) is 0. The first-order chi connectivity index (χ1) is 13.8. The van der Waals surface area contributed by atoms with Crippen molar-refractivity contribution in [1.82, 2.24) is 9.21 Å². The lowest BCUT2D eigenvalue weighted by Crippen LogP contribution is -2.41. The first kappa shape index (κ1) is 21.3. The zero-order valence-electron chi connectivity index (χ0n) is 15.5. The van der Waals surface area contributed by atoms with Gasteiger partial charge in [-0.3, -0.25) is 0 Å². The maximum absolute atomic E-state index is 14.3. The van der Waals surface area contributed by atoms with Crippen molar-refractivity contribution in [2.45, 2.75) is 23.9 Å². The average Bonchev–Trinajstić information content (AvgIpc) is 3.17. The number of nitriles is 1. The summed E-state index contributed by atoms with van der Waals surface area (Å²) in [6.45, 7) is 0.118. The van der Waals surface area contributed by atoms with E-state index in [1.54, 1.807) is 0 Å². The summed E-state index contributed by atoms with van der Waals surface area (Å²) in [4.78, 5) is 1.24. The van der Waals surface area contributed by atoms with E-state index >= 15 is 0 Å². The molecule has 0 unspecified atom stereocenters. The van der Waals surface area contributed by atoms with Crippen molar-refractivity contribution in [3.63, 3.8) is 0 Å². The van der Waals surface area contributed by atoms with Gasteiger partial charge in [0.15, 0.2) is 6.19 Å². The Kier molecular flexibility index (Phi) is 6.27. The summed E-state index contributed by atoms with van der Waals surface area (Å²) in [6, 6.07) is 6.43. The molecule has 29 heavy (non-hydrogen) atoms. The fourth-order valence-electron chi connectivity index (χ4n) is 3.29. The third-order valence-electron chi connectivity index (χ3n) is 4.76. The van der Waals surface area contributed by atoms with Crippen LogP contribution in [0.25, 0.3) is 0 Å². The van der Waals surface area contributed by atoms with Crippen LogP contribution in [0.15, 0.2) is 41.3 Å². The lowest BCUT2D eigenvalue weighted by atomic mass is 10.2. The van der Waals surface area contributed by atoms with Gasteiger partial charge in [-0.1, -0.05) is 11.6 Å². The molecule has 1 aliphatic rings. The van der Waals surface area contributed by atoms with Crippen LogP contribution in [0.5, 0.6) is 5.75 Å². The van der Waals surface area contributed by atoms with Crippen LogP contribution in [-0.2, 0) is 16.6 Å². The summed E-state index contributed by atoms with van der Waals surface area (Å²) in [5.41, 5.74) is -0.107. The highest BCUT2D eigenvalue weighted by molar-refractivity contribution is 7.89. The van der Waals surface area contributed by atoms with Gasteiger partial charge < -0.3 is 9.64 Å². The van der Waals surface area contributed by atoms with Gasteiger partial charge in [-0.15, -0.1) is 0 Å². The lowest BCUT2D eigenvalue weighted by Gasteiger charge is -2.28. The lowest BCUT2D eigenvalue weighted by molar-refractivity contribution is 0.308. The van der Waals surface area contributed by atoms with Crippen molar-refractivity contribution >= 4 is 21.6 Å². The van der Waals surface area contributed by atoms with Crippen molar-refractivity contribution in [3.8, 4) is 11.9 Å². The van der Waals surface area contributed by atoms with Crippen molar-refractivity contribution in [2.75, 3.05) is 20.2 Å². The van der Waals surface area contributed by atoms with Gasteiger partial charge in [0.2, 0.25) is 10.0 Å². The van der Waals surface area contributed by atoms with E-state index in [1.807, 2.05) is 6.19 Å². The Balaban J connectivity index is 2.08. The second kappa shape index (κ2) is 8.53. The van der Waals surface area contributed by atoms with Crippen LogP contribution in [0.4, 0.5) is 8.78 Å². The highest BCUT2D eigenvalue weighted by atomic mass is 35.5.